The maximum absolute atomic E-state index is 12.4. The van der Waals surface area contributed by atoms with Gasteiger partial charge in [-0.2, -0.15) is 0 Å². The fourth-order valence-corrected chi connectivity index (χ4v) is 4.06. The molecule has 0 spiro atoms. The second-order valence-corrected chi connectivity index (χ2v) is 9.25. The zero-order valence-corrected chi connectivity index (χ0v) is 18.6. The maximum Gasteiger partial charge on any atom is 0.410 e. The number of nitrogens with zero attached hydrogens (tertiary/aromatic N) is 3. The van der Waals surface area contributed by atoms with E-state index in [4.69, 9.17) is 15.5 Å². The predicted octanol–water partition coefficient (Wildman–Crippen LogP) is 2.19. The standard InChI is InChI=1S/C21H39N5O3/c1-5-23-19(25-10-6-8-16(14-25)12-18(22)27)24-13-17-9-7-11-26(15-17)20(28)29-21(2,3)4/h16-17H,5-15H2,1-4H3,(H2,22,27)(H,23,24). The van der Waals surface area contributed by atoms with Crippen LogP contribution in [0.1, 0.15) is 59.8 Å². The van der Waals surface area contributed by atoms with Crippen molar-refractivity contribution in [1.29, 1.82) is 0 Å². The molecular formula is C21H39N5O3. The summed E-state index contributed by atoms with van der Waals surface area (Å²) in [6.07, 6.45) is 4.31. The Hall–Kier alpha value is -1.99. The van der Waals surface area contributed by atoms with Gasteiger partial charge in [-0.1, -0.05) is 0 Å². The smallest absolute Gasteiger partial charge is 0.410 e. The van der Waals surface area contributed by atoms with E-state index < -0.39 is 5.60 Å². The molecule has 0 aromatic carbocycles. The number of nitrogens with two attached hydrogens (primary N) is 1. The van der Waals surface area contributed by atoms with Crippen molar-refractivity contribution in [3.05, 3.63) is 0 Å². The van der Waals surface area contributed by atoms with E-state index in [0.29, 0.717) is 31.3 Å². The lowest BCUT2D eigenvalue weighted by Gasteiger charge is -2.36. The summed E-state index contributed by atoms with van der Waals surface area (Å²) in [6.45, 7) is 12.4. The van der Waals surface area contributed by atoms with E-state index in [1.807, 2.05) is 25.7 Å². The molecule has 0 aromatic rings. The van der Waals surface area contributed by atoms with Crippen LogP contribution in [0.15, 0.2) is 4.99 Å². The zero-order valence-electron chi connectivity index (χ0n) is 18.6. The molecule has 2 unspecified atom stereocenters. The Morgan fingerprint density at radius 1 is 1.10 bits per heavy atom. The molecule has 0 radical (unpaired) electrons. The van der Waals surface area contributed by atoms with Crippen LogP contribution in [-0.2, 0) is 9.53 Å². The first-order valence-corrected chi connectivity index (χ1v) is 11.0. The van der Waals surface area contributed by atoms with Gasteiger partial charge in [-0.05, 0) is 65.2 Å². The van der Waals surface area contributed by atoms with Crippen LogP contribution < -0.4 is 11.1 Å². The Bertz CT molecular complexity index is 587. The summed E-state index contributed by atoms with van der Waals surface area (Å²) in [5.41, 5.74) is 4.91. The number of ether oxygens (including phenoxy) is 1. The van der Waals surface area contributed by atoms with Crippen molar-refractivity contribution in [3.8, 4) is 0 Å². The summed E-state index contributed by atoms with van der Waals surface area (Å²) in [5.74, 6) is 1.29. The van der Waals surface area contributed by atoms with E-state index >= 15 is 0 Å². The number of hydrogen-bond acceptors (Lipinski definition) is 4. The van der Waals surface area contributed by atoms with Crippen LogP contribution in [0.2, 0.25) is 0 Å². The van der Waals surface area contributed by atoms with E-state index in [1.165, 1.54) is 0 Å². The molecule has 8 heteroatoms. The lowest BCUT2D eigenvalue weighted by atomic mass is 9.95. The van der Waals surface area contributed by atoms with Gasteiger partial charge in [0.1, 0.15) is 5.60 Å². The monoisotopic (exact) mass is 409 g/mol. The van der Waals surface area contributed by atoms with Crippen molar-refractivity contribution >= 4 is 18.0 Å². The molecule has 8 nitrogen and oxygen atoms in total. The minimum atomic E-state index is -0.476. The van der Waals surface area contributed by atoms with Gasteiger partial charge in [-0.3, -0.25) is 9.79 Å². The van der Waals surface area contributed by atoms with Gasteiger partial charge in [0.2, 0.25) is 5.91 Å². The number of aliphatic imine (C=N–C) groups is 1. The molecule has 166 valence electrons. The van der Waals surface area contributed by atoms with Crippen LogP contribution in [0.4, 0.5) is 4.79 Å². The van der Waals surface area contributed by atoms with Crippen LogP contribution >= 0.6 is 0 Å². The number of carbonyl (C=O) groups is 2. The number of amides is 2. The van der Waals surface area contributed by atoms with Crippen LogP contribution in [0.5, 0.6) is 0 Å². The number of rotatable bonds is 5. The summed E-state index contributed by atoms with van der Waals surface area (Å²) in [4.78, 5) is 32.6. The molecule has 2 amide bonds. The van der Waals surface area contributed by atoms with Gasteiger partial charge >= 0.3 is 6.09 Å². The van der Waals surface area contributed by atoms with Gasteiger partial charge in [0, 0.05) is 45.7 Å². The predicted molar refractivity (Wildman–Crippen MR) is 115 cm³/mol. The summed E-state index contributed by atoms with van der Waals surface area (Å²) >= 11 is 0. The van der Waals surface area contributed by atoms with E-state index in [1.54, 1.807) is 0 Å². The van der Waals surface area contributed by atoms with Gasteiger partial charge < -0.3 is 25.6 Å². The molecule has 2 rings (SSSR count). The van der Waals surface area contributed by atoms with Crippen molar-refractivity contribution in [2.45, 2.75) is 65.4 Å². The molecule has 0 aliphatic carbocycles. The first kappa shape index (κ1) is 23.3. The number of nitrogens with one attached hydrogen (secondary N) is 1. The SMILES string of the molecule is CCNC(=NCC1CCCN(C(=O)OC(C)(C)C)C1)N1CCCC(CC(N)=O)C1. The quantitative estimate of drug-likeness (QED) is 0.535. The Balaban J connectivity index is 1.95. The molecule has 0 aromatic heterocycles. The topological polar surface area (TPSA) is 100 Å². The minimum Gasteiger partial charge on any atom is -0.444 e. The maximum atomic E-state index is 12.4. The number of primary amides is 1. The number of hydrogen-bond donors (Lipinski definition) is 2. The minimum absolute atomic E-state index is 0.233. The number of likely N-dealkylation sites (tertiary alicyclic amines) is 2. The lowest BCUT2D eigenvalue weighted by Crippen LogP contribution is -2.48. The van der Waals surface area contributed by atoms with Crippen molar-refractivity contribution in [3.63, 3.8) is 0 Å². The van der Waals surface area contributed by atoms with Crippen LogP contribution in [0.25, 0.3) is 0 Å². The van der Waals surface area contributed by atoms with E-state index in [9.17, 15) is 9.59 Å². The summed E-state index contributed by atoms with van der Waals surface area (Å²) in [7, 11) is 0. The van der Waals surface area contributed by atoms with Gasteiger partial charge in [0.25, 0.3) is 0 Å². The number of carbonyl (C=O) groups excluding carboxylic acids is 2. The fourth-order valence-electron chi connectivity index (χ4n) is 4.06. The van der Waals surface area contributed by atoms with Crippen LogP contribution in [0.3, 0.4) is 0 Å². The Kier molecular flexibility index (Phi) is 8.59. The molecule has 3 N–H and O–H groups in total. The highest BCUT2D eigenvalue weighted by Gasteiger charge is 2.28. The molecule has 2 aliphatic rings. The normalized spacial score (nSPS) is 23.7. The van der Waals surface area contributed by atoms with Crippen molar-refractivity contribution in [2.24, 2.45) is 22.6 Å². The number of guanidine groups is 1. The first-order valence-electron chi connectivity index (χ1n) is 11.0. The molecule has 0 saturated carbocycles. The average molecular weight is 410 g/mol. The first-order chi connectivity index (χ1) is 13.7. The lowest BCUT2D eigenvalue weighted by molar-refractivity contribution is -0.119. The summed E-state index contributed by atoms with van der Waals surface area (Å²) < 4.78 is 5.52. The van der Waals surface area contributed by atoms with Crippen LogP contribution in [-0.4, -0.2) is 72.6 Å². The summed E-state index contributed by atoms with van der Waals surface area (Å²) in [6, 6.07) is 0. The Morgan fingerprint density at radius 3 is 2.34 bits per heavy atom. The molecule has 2 fully saturated rings. The van der Waals surface area contributed by atoms with Crippen molar-refractivity contribution in [2.75, 3.05) is 39.3 Å². The van der Waals surface area contributed by atoms with Crippen molar-refractivity contribution in [1.82, 2.24) is 15.1 Å². The Labute approximate surface area is 175 Å². The van der Waals surface area contributed by atoms with Gasteiger partial charge in [0.15, 0.2) is 5.96 Å². The van der Waals surface area contributed by atoms with Gasteiger partial charge in [-0.25, -0.2) is 4.79 Å². The highest BCUT2D eigenvalue weighted by Crippen LogP contribution is 2.21. The van der Waals surface area contributed by atoms with E-state index in [0.717, 1.165) is 57.8 Å². The third kappa shape index (κ3) is 8.11. The third-order valence-corrected chi connectivity index (χ3v) is 5.31. The second kappa shape index (κ2) is 10.7. The highest BCUT2D eigenvalue weighted by molar-refractivity contribution is 5.80. The molecule has 2 heterocycles. The largest absolute Gasteiger partial charge is 0.444 e. The molecular weight excluding hydrogens is 370 g/mol. The molecule has 29 heavy (non-hydrogen) atoms. The number of piperidine rings is 2. The zero-order chi connectivity index (χ0) is 21.4. The Morgan fingerprint density at radius 2 is 1.72 bits per heavy atom. The fraction of sp³-hybridized carbons (Fsp3) is 0.857. The molecule has 2 saturated heterocycles. The van der Waals surface area contributed by atoms with Gasteiger partial charge in [0.05, 0.1) is 0 Å². The van der Waals surface area contributed by atoms with Crippen molar-refractivity contribution < 1.29 is 14.3 Å². The van der Waals surface area contributed by atoms with E-state index in [2.05, 4.69) is 17.1 Å². The third-order valence-electron chi connectivity index (χ3n) is 5.31. The molecule has 2 aliphatic heterocycles. The van der Waals surface area contributed by atoms with E-state index in [-0.39, 0.29) is 12.0 Å². The molecule has 0 bridgehead atoms. The highest BCUT2D eigenvalue weighted by atomic mass is 16.6. The van der Waals surface area contributed by atoms with Crippen LogP contribution in [0, 0.1) is 11.8 Å². The van der Waals surface area contributed by atoms with Gasteiger partial charge in [-0.15, -0.1) is 0 Å². The summed E-state index contributed by atoms with van der Waals surface area (Å²) in [5, 5.41) is 3.39. The second-order valence-electron chi connectivity index (χ2n) is 9.25. The average Bonchev–Trinajstić information content (AvgIpc) is 2.63. The molecule has 2 atom stereocenters.